The predicted octanol–water partition coefficient (Wildman–Crippen LogP) is 4.36. The molecule has 4 rings (SSSR count). The van der Waals surface area contributed by atoms with Crippen LogP contribution in [0.15, 0.2) is 51.4 Å². The number of para-hydroxylation sites is 1. The Bertz CT molecular complexity index is 851. The number of nitrogens with one attached hydrogen (secondary N) is 1. The summed E-state index contributed by atoms with van der Waals surface area (Å²) in [6.07, 6.45) is 0.327. The van der Waals surface area contributed by atoms with Crippen molar-refractivity contribution in [1.82, 2.24) is 0 Å². The van der Waals surface area contributed by atoms with E-state index >= 15 is 0 Å². The van der Waals surface area contributed by atoms with E-state index in [2.05, 4.69) is 21.2 Å². The Balaban J connectivity index is 2.10. The van der Waals surface area contributed by atoms with Crippen molar-refractivity contribution in [2.24, 2.45) is 0 Å². The van der Waals surface area contributed by atoms with E-state index < -0.39 is 0 Å². The van der Waals surface area contributed by atoms with Crippen LogP contribution in [0.4, 0.5) is 5.69 Å². The summed E-state index contributed by atoms with van der Waals surface area (Å²) in [5, 5.41) is 3.91. The Morgan fingerprint density at radius 2 is 2.00 bits per heavy atom. The third-order valence-electron chi connectivity index (χ3n) is 3.54. The van der Waals surface area contributed by atoms with Gasteiger partial charge in [0.05, 0.1) is 12.1 Å². The second-order valence-corrected chi connectivity index (χ2v) is 5.74. The van der Waals surface area contributed by atoms with Crippen LogP contribution >= 0.6 is 15.9 Å². The van der Waals surface area contributed by atoms with Gasteiger partial charge in [-0.3, -0.25) is 4.79 Å². The van der Waals surface area contributed by atoms with Crippen LogP contribution in [0.1, 0.15) is 5.56 Å². The molecule has 4 heteroatoms. The fraction of sp³-hybridized carbons (Fsp3) is 0.0625. The smallest absolute Gasteiger partial charge is 0.228 e. The largest absolute Gasteiger partial charge is 0.456 e. The summed E-state index contributed by atoms with van der Waals surface area (Å²) in [6, 6.07) is 13.6. The van der Waals surface area contributed by atoms with Gasteiger partial charge < -0.3 is 9.73 Å². The molecule has 20 heavy (non-hydrogen) atoms. The summed E-state index contributed by atoms with van der Waals surface area (Å²) < 4.78 is 6.97. The third kappa shape index (κ3) is 1.68. The molecule has 0 fully saturated rings. The highest BCUT2D eigenvalue weighted by molar-refractivity contribution is 9.10. The number of carbonyl (C=O) groups is 1. The van der Waals surface area contributed by atoms with Gasteiger partial charge in [0, 0.05) is 21.0 Å². The average molecular weight is 328 g/mol. The maximum absolute atomic E-state index is 12.1. The van der Waals surface area contributed by atoms with Crippen LogP contribution in [0.3, 0.4) is 0 Å². The van der Waals surface area contributed by atoms with Gasteiger partial charge in [-0.2, -0.15) is 0 Å². The molecule has 3 nitrogen and oxygen atoms in total. The first-order valence-corrected chi connectivity index (χ1v) is 7.12. The SMILES string of the molecule is O=C1Cc2c(oc3ccc(Br)cc23)-c2ccccc2N1. The molecule has 1 aliphatic heterocycles. The predicted molar refractivity (Wildman–Crippen MR) is 81.7 cm³/mol. The standard InChI is InChI=1S/C16H10BrNO2/c17-9-5-6-14-11(7-9)12-8-15(19)18-13-4-2-1-3-10(13)16(12)20-14/h1-7H,8H2,(H,18,19). The molecular weight excluding hydrogens is 318 g/mol. The quantitative estimate of drug-likeness (QED) is 0.666. The first kappa shape index (κ1) is 11.7. The van der Waals surface area contributed by atoms with Crippen molar-refractivity contribution in [3.8, 4) is 11.3 Å². The van der Waals surface area contributed by atoms with Gasteiger partial charge in [-0.1, -0.05) is 28.1 Å². The number of amides is 1. The number of anilines is 1. The van der Waals surface area contributed by atoms with Gasteiger partial charge in [0.25, 0.3) is 0 Å². The highest BCUT2D eigenvalue weighted by Crippen LogP contribution is 2.40. The fourth-order valence-corrected chi connectivity index (χ4v) is 3.02. The summed E-state index contributed by atoms with van der Waals surface area (Å²) in [6.45, 7) is 0. The van der Waals surface area contributed by atoms with Crippen LogP contribution < -0.4 is 5.32 Å². The molecule has 0 aliphatic carbocycles. The Morgan fingerprint density at radius 1 is 1.15 bits per heavy atom. The van der Waals surface area contributed by atoms with Crippen LogP contribution in [0.2, 0.25) is 0 Å². The number of fused-ring (bicyclic) bond motifs is 5. The van der Waals surface area contributed by atoms with Crippen molar-refractivity contribution in [2.45, 2.75) is 6.42 Å². The van der Waals surface area contributed by atoms with Gasteiger partial charge in [0.2, 0.25) is 5.91 Å². The molecule has 0 atom stereocenters. The lowest BCUT2D eigenvalue weighted by Gasteiger charge is -2.04. The molecule has 0 radical (unpaired) electrons. The lowest BCUT2D eigenvalue weighted by molar-refractivity contribution is -0.115. The minimum Gasteiger partial charge on any atom is -0.456 e. The minimum atomic E-state index is -0.0149. The summed E-state index contributed by atoms with van der Waals surface area (Å²) in [5.74, 6) is 0.769. The van der Waals surface area contributed by atoms with Gasteiger partial charge in [0.15, 0.2) is 0 Å². The van der Waals surface area contributed by atoms with E-state index in [1.54, 1.807) is 0 Å². The highest BCUT2D eigenvalue weighted by atomic mass is 79.9. The van der Waals surface area contributed by atoms with Crippen molar-refractivity contribution in [1.29, 1.82) is 0 Å². The van der Waals surface area contributed by atoms with Crippen LogP contribution in [0.25, 0.3) is 22.3 Å². The van der Waals surface area contributed by atoms with Crippen molar-refractivity contribution in [2.75, 3.05) is 5.32 Å². The summed E-state index contributed by atoms with van der Waals surface area (Å²) in [5.41, 5.74) is 3.49. The van der Waals surface area contributed by atoms with Crippen molar-refractivity contribution in [3.05, 3.63) is 52.5 Å². The molecule has 1 N–H and O–H groups in total. The highest BCUT2D eigenvalue weighted by Gasteiger charge is 2.24. The molecule has 1 amide bonds. The van der Waals surface area contributed by atoms with E-state index in [9.17, 15) is 4.79 Å². The number of benzene rings is 2. The average Bonchev–Trinajstić information content (AvgIpc) is 2.70. The van der Waals surface area contributed by atoms with Gasteiger partial charge in [-0.15, -0.1) is 0 Å². The Hall–Kier alpha value is -2.07. The third-order valence-corrected chi connectivity index (χ3v) is 4.03. The van der Waals surface area contributed by atoms with Crippen LogP contribution in [-0.4, -0.2) is 5.91 Å². The number of halogens is 1. The first-order valence-electron chi connectivity index (χ1n) is 6.32. The lowest BCUT2D eigenvalue weighted by atomic mass is 10.0. The zero-order valence-corrected chi connectivity index (χ0v) is 12.0. The van der Waals surface area contributed by atoms with Crippen molar-refractivity contribution < 1.29 is 9.21 Å². The molecular formula is C16H10BrNO2. The minimum absolute atomic E-state index is 0.0149. The Morgan fingerprint density at radius 3 is 2.90 bits per heavy atom. The first-order chi connectivity index (χ1) is 9.72. The molecule has 98 valence electrons. The second kappa shape index (κ2) is 4.21. The van der Waals surface area contributed by atoms with E-state index in [1.807, 2.05) is 42.5 Å². The topological polar surface area (TPSA) is 42.2 Å². The van der Waals surface area contributed by atoms with E-state index in [4.69, 9.17) is 4.42 Å². The van der Waals surface area contributed by atoms with E-state index in [0.29, 0.717) is 6.42 Å². The van der Waals surface area contributed by atoms with Crippen molar-refractivity contribution in [3.63, 3.8) is 0 Å². The normalized spacial score (nSPS) is 13.6. The molecule has 0 saturated heterocycles. The number of hydrogen-bond donors (Lipinski definition) is 1. The lowest BCUT2D eigenvalue weighted by Crippen LogP contribution is -2.12. The molecule has 3 aromatic rings. The number of hydrogen-bond acceptors (Lipinski definition) is 2. The van der Waals surface area contributed by atoms with E-state index in [0.717, 1.165) is 38.0 Å². The number of furan rings is 1. The van der Waals surface area contributed by atoms with E-state index in [1.165, 1.54) is 0 Å². The molecule has 2 aromatic carbocycles. The van der Waals surface area contributed by atoms with Gasteiger partial charge in [-0.25, -0.2) is 0 Å². The Labute approximate surface area is 123 Å². The summed E-state index contributed by atoms with van der Waals surface area (Å²) in [7, 11) is 0. The molecule has 2 heterocycles. The van der Waals surface area contributed by atoms with Gasteiger partial charge in [0.1, 0.15) is 11.3 Å². The molecule has 1 aromatic heterocycles. The maximum atomic E-state index is 12.1. The van der Waals surface area contributed by atoms with Crippen molar-refractivity contribution >= 4 is 38.5 Å². The number of rotatable bonds is 0. The monoisotopic (exact) mass is 327 g/mol. The second-order valence-electron chi connectivity index (χ2n) is 4.82. The Kier molecular flexibility index (Phi) is 2.47. The van der Waals surface area contributed by atoms with Crippen LogP contribution in [0.5, 0.6) is 0 Å². The zero-order chi connectivity index (χ0) is 13.7. The van der Waals surface area contributed by atoms with Crippen LogP contribution in [0, 0.1) is 0 Å². The summed E-state index contributed by atoms with van der Waals surface area (Å²) >= 11 is 3.47. The zero-order valence-electron chi connectivity index (χ0n) is 10.4. The molecule has 1 aliphatic rings. The summed E-state index contributed by atoms with van der Waals surface area (Å²) in [4.78, 5) is 12.1. The maximum Gasteiger partial charge on any atom is 0.228 e. The molecule has 0 bridgehead atoms. The molecule has 0 saturated carbocycles. The molecule has 0 unspecified atom stereocenters. The van der Waals surface area contributed by atoms with Crippen LogP contribution in [-0.2, 0) is 11.2 Å². The fourth-order valence-electron chi connectivity index (χ4n) is 2.66. The molecule has 0 spiro atoms. The van der Waals surface area contributed by atoms with Gasteiger partial charge >= 0.3 is 0 Å². The number of carbonyl (C=O) groups excluding carboxylic acids is 1. The van der Waals surface area contributed by atoms with E-state index in [-0.39, 0.29) is 5.91 Å². The van der Waals surface area contributed by atoms with Gasteiger partial charge in [-0.05, 0) is 30.3 Å².